The standard InChI is InChI=1S/C23H25NO/c1-3-5-6-12-17-25-23(4-2)24-21-16-11-10-15-20(21)18-22(24)19-13-8-7-9-14-19/h4-11,13-16,18,23H,2-3,12,17H2,1H3/b6-5-/t23-/m0/s1. The van der Waals surface area contributed by atoms with Gasteiger partial charge in [-0.3, -0.25) is 0 Å². The van der Waals surface area contributed by atoms with Crippen LogP contribution in [0, 0.1) is 0 Å². The highest BCUT2D eigenvalue weighted by Gasteiger charge is 2.16. The van der Waals surface area contributed by atoms with Crippen LogP contribution in [0.3, 0.4) is 0 Å². The lowest BCUT2D eigenvalue weighted by molar-refractivity contribution is 0.0450. The molecule has 2 aromatic carbocycles. The summed E-state index contributed by atoms with van der Waals surface area (Å²) in [5.74, 6) is 0. The first kappa shape index (κ1) is 17.2. The monoisotopic (exact) mass is 331 g/mol. The second-order valence-electron chi connectivity index (χ2n) is 5.99. The molecule has 0 unspecified atom stereocenters. The lowest BCUT2D eigenvalue weighted by atomic mass is 10.1. The number of benzene rings is 2. The smallest absolute Gasteiger partial charge is 0.153 e. The molecule has 3 aromatic rings. The van der Waals surface area contributed by atoms with E-state index in [0.717, 1.165) is 24.1 Å². The lowest BCUT2D eigenvalue weighted by Gasteiger charge is -2.20. The first-order valence-corrected chi connectivity index (χ1v) is 8.89. The molecular weight excluding hydrogens is 306 g/mol. The van der Waals surface area contributed by atoms with Gasteiger partial charge in [-0.1, -0.05) is 74.2 Å². The summed E-state index contributed by atoms with van der Waals surface area (Å²) in [4.78, 5) is 0. The summed E-state index contributed by atoms with van der Waals surface area (Å²) in [5.41, 5.74) is 3.49. The van der Waals surface area contributed by atoms with Crippen LogP contribution in [0.1, 0.15) is 26.0 Å². The number of hydrogen-bond donors (Lipinski definition) is 0. The van der Waals surface area contributed by atoms with Crippen molar-refractivity contribution in [2.75, 3.05) is 6.61 Å². The first-order valence-electron chi connectivity index (χ1n) is 8.89. The van der Waals surface area contributed by atoms with E-state index >= 15 is 0 Å². The average molecular weight is 331 g/mol. The normalized spacial score (nSPS) is 12.7. The van der Waals surface area contributed by atoms with Gasteiger partial charge in [0.2, 0.25) is 0 Å². The van der Waals surface area contributed by atoms with E-state index in [1.54, 1.807) is 0 Å². The van der Waals surface area contributed by atoms with Gasteiger partial charge in [-0.2, -0.15) is 0 Å². The maximum atomic E-state index is 6.15. The number of hydrogen-bond acceptors (Lipinski definition) is 1. The van der Waals surface area contributed by atoms with Crippen LogP contribution >= 0.6 is 0 Å². The minimum atomic E-state index is -0.190. The van der Waals surface area contributed by atoms with E-state index in [1.165, 1.54) is 10.9 Å². The number of nitrogens with zero attached hydrogens (tertiary/aromatic N) is 1. The molecule has 0 amide bonds. The molecule has 128 valence electrons. The van der Waals surface area contributed by atoms with Crippen molar-refractivity contribution in [2.45, 2.75) is 26.0 Å². The van der Waals surface area contributed by atoms with Crippen molar-refractivity contribution in [1.82, 2.24) is 4.57 Å². The summed E-state index contributed by atoms with van der Waals surface area (Å²) in [5, 5.41) is 1.21. The van der Waals surface area contributed by atoms with Crippen LogP contribution in [0.5, 0.6) is 0 Å². The average Bonchev–Trinajstić information content (AvgIpc) is 3.05. The molecular formula is C23H25NO. The molecule has 2 nitrogen and oxygen atoms in total. The fraction of sp³-hybridized carbons (Fsp3) is 0.217. The number of fused-ring (bicyclic) bond motifs is 1. The maximum absolute atomic E-state index is 6.15. The molecule has 1 atom stereocenters. The van der Waals surface area contributed by atoms with Crippen LogP contribution in [-0.2, 0) is 4.74 Å². The third-order valence-corrected chi connectivity index (χ3v) is 4.25. The van der Waals surface area contributed by atoms with Crippen molar-refractivity contribution in [2.24, 2.45) is 0 Å². The second-order valence-corrected chi connectivity index (χ2v) is 5.99. The third-order valence-electron chi connectivity index (χ3n) is 4.25. The SMILES string of the molecule is C=C[C@H](OCC/C=C\CC)n1c(-c2ccccc2)cc2ccccc21. The number of rotatable bonds is 8. The number of ether oxygens (including phenoxy) is 1. The van der Waals surface area contributed by atoms with E-state index in [0.29, 0.717) is 6.61 Å². The van der Waals surface area contributed by atoms with Gasteiger partial charge in [-0.15, -0.1) is 0 Å². The minimum absolute atomic E-state index is 0.190. The van der Waals surface area contributed by atoms with Gasteiger partial charge < -0.3 is 9.30 Å². The molecule has 1 heterocycles. The number of para-hydroxylation sites is 1. The van der Waals surface area contributed by atoms with Gasteiger partial charge in [0, 0.05) is 5.39 Å². The van der Waals surface area contributed by atoms with Gasteiger partial charge in [-0.25, -0.2) is 0 Å². The topological polar surface area (TPSA) is 14.2 Å². The Hall–Kier alpha value is -2.58. The largest absolute Gasteiger partial charge is 0.354 e. The molecule has 0 radical (unpaired) electrons. The van der Waals surface area contributed by atoms with Gasteiger partial charge in [0.1, 0.15) is 0 Å². The molecule has 2 heteroatoms. The fourth-order valence-corrected chi connectivity index (χ4v) is 3.07. The van der Waals surface area contributed by atoms with Crippen LogP contribution in [0.4, 0.5) is 0 Å². The van der Waals surface area contributed by atoms with E-state index in [4.69, 9.17) is 4.74 Å². The third kappa shape index (κ3) is 3.92. The number of allylic oxidation sites excluding steroid dienone is 1. The Balaban J connectivity index is 1.97. The van der Waals surface area contributed by atoms with E-state index < -0.39 is 0 Å². The van der Waals surface area contributed by atoms with Crippen LogP contribution in [-0.4, -0.2) is 11.2 Å². The van der Waals surface area contributed by atoms with E-state index in [1.807, 2.05) is 12.1 Å². The molecule has 0 aliphatic rings. The Morgan fingerprint density at radius 2 is 1.80 bits per heavy atom. The zero-order chi connectivity index (χ0) is 17.5. The van der Waals surface area contributed by atoms with Crippen molar-refractivity contribution in [1.29, 1.82) is 0 Å². The molecule has 0 aliphatic heterocycles. The van der Waals surface area contributed by atoms with Gasteiger partial charge in [0.15, 0.2) is 6.23 Å². The van der Waals surface area contributed by atoms with Crippen molar-refractivity contribution in [3.05, 3.63) is 85.5 Å². The summed E-state index contributed by atoms with van der Waals surface area (Å²) < 4.78 is 8.38. The van der Waals surface area contributed by atoms with Gasteiger partial charge >= 0.3 is 0 Å². The molecule has 1 aromatic heterocycles. The Morgan fingerprint density at radius 1 is 1.04 bits per heavy atom. The minimum Gasteiger partial charge on any atom is -0.354 e. The number of aromatic nitrogens is 1. The predicted octanol–water partition coefficient (Wildman–Crippen LogP) is 6.37. The zero-order valence-corrected chi connectivity index (χ0v) is 14.8. The van der Waals surface area contributed by atoms with Crippen LogP contribution in [0.2, 0.25) is 0 Å². The predicted molar refractivity (Wildman–Crippen MR) is 107 cm³/mol. The highest BCUT2D eigenvalue weighted by molar-refractivity contribution is 5.87. The molecule has 0 bridgehead atoms. The first-order chi connectivity index (χ1) is 12.3. The molecule has 0 fully saturated rings. The Morgan fingerprint density at radius 3 is 2.56 bits per heavy atom. The summed E-state index contributed by atoms with van der Waals surface area (Å²) in [6.45, 7) is 6.83. The van der Waals surface area contributed by atoms with E-state index in [9.17, 15) is 0 Å². The zero-order valence-electron chi connectivity index (χ0n) is 14.8. The molecule has 0 aliphatic carbocycles. The van der Waals surface area contributed by atoms with Crippen molar-refractivity contribution in [3.63, 3.8) is 0 Å². The second kappa shape index (κ2) is 8.50. The van der Waals surface area contributed by atoms with Crippen molar-refractivity contribution < 1.29 is 4.74 Å². The van der Waals surface area contributed by atoms with Crippen LogP contribution in [0.25, 0.3) is 22.2 Å². The molecule has 0 saturated heterocycles. The molecule has 3 rings (SSSR count). The Labute approximate surface area is 150 Å². The van der Waals surface area contributed by atoms with Crippen molar-refractivity contribution >= 4 is 10.9 Å². The van der Waals surface area contributed by atoms with Gasteiger partial charge in [0.25, 0.3) is 0 Å². The molecule has 0 spiro atoms. The molecule has 0 N–H and O–H groups in total. The van der Waals surface area contributed by atoms with E-state index in [-0.39, 0.29) is 6.23 Å². The van der Waals surface area contributed by atoms with Crippen LogP contribution in [0.15, 0.2) is 85.5 Å². The quantitative estimate of drug-likeness (QED) is 0.346. The lowest BCUT2D eigenvalue weighted by Crippen LogP contribution is -2.12. The summed E-state index contributed by atoms with van der Waals surface area (Å²) in [7, 11) is 0. The molecule has 25 heavy (non-hydrogen) atoms. The Kier molecular flexibility index (Phi) is 5.86. The van der Waals surface area contributed by atoms with Gasteiger partial charge in [0.05, 0.1) is 17.8 Å². The Bertz CT molecular complexity index is 845. The summed E-state index contributed by atoms with van der Waals surface area (Å²) >= 11 is 0. The highest BCUT2D eigenvalue weighted by Crippen LogP contribution is 2.32. The highest BCUT2D eigenvalue weighted by atomic mass is 16.5. The molecule has 0 saturated carbocycles. The maximum Gasteiger partial charge on any atom is 0.153 e. The summed E-state index contributed by atoms with van der Waals surface area (Å²) in [6, 6.07) is 21.1. The van der Waals surface area contributed by atoms with Crippen LogP contribution < -0.4 is 0 Å². The van der Waals surface area contributed by atoms with E-state index in [2.05, 4.69) is 84.8 Å². The fourth-order valence-electron chi connectivity index (χ4n) is 3.07. The van der Waals surface area contributed by atoms with Crippen molar-refractivity contribution in [3.8, 4) is 11.3 Å². The van der Waals surface area contributed by atoms with Gasteiger partial charge in [-0.05, 0) is 36.6 Å². The summed E-state index contributed by atoms with van der Waals surface area (Å²) in [6.07, 6.45) is 8.01.